The van der Waals surface area contributed by atoms with Gasteiger partial charge in [-0.2, -0.15) is 0 Å². The Morgan fingerprint density at radius 3 is 2.40 bits per heavy atom. The summed E-state index contributed by atoms with van der Waals surface area (Å²) in [7, 11) is 1.73. The van der Waals surface area contributed by atoms with E-state index in [1.807, 2.05) is 12.1 Å². The smallest absolute Gasteiger partial charge is 0.124 e. The zero-order valence-electron chi connectivity index (χ0n) is 12.5. The third-order valence-corrected chi connectivity index (χ3v) is 3.65. The van der Waals surface area contributed by atoms with Crippen LogP contribution >= 0.6 is 0 Å². The van der Waals surface area contributed by atoms with Crippen molar-refractivity contribution in [1.29, 1.82) is 0 Å². The van der Waals surface area contributed by atoms with E-state index in [4.69, 9.17) is 4.74 Å². The molecular weight excluding hydrogens is 246 g/mol. The van der Waals surface area contributed by atoms with Gasteiger partial charge in [0, 0.05) is 11.3 Å². The fourth-order valence-corrected chi connectivity index (χ4v) is 2.51. The van der Waals surface area contributed by atoms with E-state index in [0.717, 1.165) is 18.6 Å². The molecule has 20 heavy (non-hydrogen) atoms. The number of nitrogens with one attached hydrogen (secondary N) is 1. The summed E-state index contributed by atoms with van der Waals surface area (Å²) in [4.78, 5) is 0. The summed E-state index contributed by atoms with van der Waals surface area (Å²) >= 11 is 0. The number of anilines is 1. The Bertz CT molecular complexity index is 551. The van der Waals surface area contributed by atoms with Crippen molar-refractivity contribution >= 4 is 5.69 Å². The van der Waals surface area contributed by atoms with E-state index in [2.05, 4.69) is 55.6 Å². The van der Waals surface area contributed by atoms with Crippen molar-refractivity contribution in [2.45, 2.75) is 32.7 Å². The Balaban J connectivity index is 2.29. The number of aryl methyl sites for hydroxylation is 1. The average molecular weight is 269 g/mol. The van der Waals surface area contributed by atoms with Crippen LogP contribution in [0.5, 0.6) is 5.75 Å². The number of hydrogen-bond acceptors (Lipinski definition) is 2. The van der Waals surface area contributed by atoms with E-state index >= 15 is 0 Å². The standard InChI is InChI=1S/C18H23NO/c1-4-14-10-6-8-12-17(14)19-16(5-2)15-11-7-9-13-18(15)20-3/h6-13,16,19H,4-5H2,1-3H3. The number of ether oxygens (including phenoxy) is 1. The summed E-state index contributed by atoms with van der Waals surface area (Å²) in [5.41, 5.74) is 3.78. The maximum absolute atomic E-state index is 5.48. The molecule has 2 heteroatoms. The first-order valence-corrected chi connectivity index (χ1v) is 7.27. The lowest BCUT2D eigenvalue weighted by Crippen LogP contribution is -2.12. The molecule has 0 aliphatic rings. The SMILES string of the molecule is CCc1ccccc1NC(CC)c1ccccc1OC. The van der Waals surface area contributed by atoms with Gasteiger partial charge in [-0.3, -0.25) is 0 Å². The molecule has 0 saturated carbocycles. The molecule has 2 rings (SSSR count). The third-order valence-electron chi connectivity index (χ3n) is 3.65. The van der Waals surface area contributed by atoms with E-state index in [0.29, 0.717) is 0 Å². The molecule has 0 aliphatic heterocycles. The molecule has 0 spiro atoms. The zero-order valence-corrected chi connectivity index (χ0v) is 12.5. The molecule has 1 unspecified atom stereocenters. The summed E-state index contributed by atoms with van der Waals surface area (Å²) in [6.07, 6.45) is 2.05. The Morgan fingerprint density at radius 2 is 1.70 bits per heavy atom. The monoisotopic (exact) mass is 269 g/mol. The Labute approximate surface area is 121 Å². The molecular formula is C18H23NO. The van der Waals surface area contributed by atoms with Crippen LogP contribution in [0.3, 0.4) is 0 Å². The lowest BCUT2D eigenvalue weighted by Gasteiger charge is -2.22. The number of rotatable bonds is 6. The molecule has 0 amide bonds. The predicted octanol–water partition coefficient (Wildman–Crippen LogP) is 4.82. The third kappa shape index (κ3) is 3.13. The summed E-state index contributed by atoms with van der Waals surface area (Å²) in [5, 5.41) is 3.66. The minimum atomic E-state index is 0.263. The second-order valence-electron chi connectivity index (χ2n) is 4.86. The van der Waals surface area contributed by atoms with Crippen LogP contribution in [0, 0.1) is 0 Å². The second kappa shape index (κ2) is 6.99. The lowest BCUT2D eigenvalue weighted by atomic mass is 10.0. The fraction of sp³-hybridized carbons (Fsp3) is 0.333. The minimum absolute atomic E-state index is 0.263. The van der Waals surface area contributed by atoms with Gasteiger partial charge in [-0.15, -0.1) is 0 Å². The molecule has 0 saturated heterocycles. The quantitative estimate of drug-likeness (QED) is 0.811. The molecule has 2 nitrogen and oxygen atoms in total. The second-order valence-corrected chi connectivity index (χ2v) is 4.86. The minimum Gasteiger partial charge on any atom is -0.496 e. The Kier molecular flexibility index (Phi) is 5.05. The van der Waals surface area contributed by atoms with Gasteiger partial charge in [-0.1, -0.05) is 50.2 Å². The molecule has 1 atom stereocenters. The molecule has 0 aromatic heterocycles. The maximum Gasteiger partial charge on any atom is 0.124 e. The summed E-state index contributed by atoms with van der Waals surface area (Å²) < 4.78 is 5.48. The van der Waals surface area contributed by atoms with Crippen molar-refractivity contribution < 1.29 is 4.74 Å². The number of para-hydroxylation sites is 2. The maximum atomic E-state index is 5.48. The molecule has 0 aliphatic carbocycles. The van der Waals surface area contributed by atoms with Crippen molar-refractivity contribution in [3.05, 3.63) is 59.7 Å². The first-order valence-electron chi connectivity index (χ1n) is 7.27. The van der Waals surface area contributed by atoms with Gasteiger partial charge in [0.05, 0.1) is 13.2 Å². The van der Waals surface area contributed by atoms with Gasteiger partial charge in [0.1, 0.15) is 5.75 Å². The van der Waals surface area contributed by atoms with Crippen molar-refractivity contribution in [2.75, 3.05) is 12.4 Å². The molecule has 106 valence electrons. The highest BCUT2D eigenvalue weighted by Crippen LogP contribution is 2.31. The van der Waals surface area contributed by atoms with E-state index < -0.39 is 0 Å². The number of hydrogen-bond donors (Lipinski definition) is 1. The highest BCUT2D eigenvalue weighted by Gasteiger charge is 2.14. The topological polar surface area (TPSA) is 21.3 Å². The number of benzene rings is 2. The fourth-order valence-electron chi connectivity index (χ4n) is 2.51. The van der Waals surface area contributed by atoms with Gasteiger partial charge in [-0.05, 0) is 30.5 Å². The van der Waals surface area contributed by atoms with Crippen molar-refractivity contribution in [3.63, 3.8) is 0 Å². The van der Waals surface area contributed by atoms with Gasteiger partial charge in [0.2, 0.25) is 0 Å². The Hall–Kier alpha value is -1.96. The van der Waals surface area contributed by atoms with Crippen molar-refractivity contribution in [1.82, 2.24) is 0 Å². The first kappa shape index (κ1) is 14.4. The van der Waals surface area contributed by atoms with Crippen LogP contribution in [-0.2, 0) is 6.42 Å². The van der Waals surface area contributed by atoms with Crippen molar-refractivity contribution in [3.8, 4) is 5.75 Å². The van der Waals surface area contributed by atoms with Crippen LogP contribution in [0.15, 0.2) is 48.5 Å². The van der Waals surface area contributed by atoms with Crippen LogP contribution in [0.4, 0.5) is 5.69 Å². The van der Waals surface area contributed by atoms with E-state index in [1.165, 1.54) is 16.8 Å². The zero-order chi connectivity index (χ0) is 14.4. The van der Waals surface area contributed by atoms with Crippen LogP contribution in [0.1, 0.15) is 37.4 Å². The number of methoxy groups -OCH3 is 1. The van der Waals surface area contributed by atoms with Crippen LogP contribution < -0.4 is 10.1 Å². The normalized spacial score (nSPS) is 11.9. The summed E-state index contributed by atoms with van der Waals surface area (Å²) in [6.45, 7) is 4.38. The Morgan fingerprint density at radius 1 is 1.00 bits per heavy atom. The van der Waals surface area contributed by atoms with E-state index in [-0.39, 0.29) is 6.04 Å². The van der Waals surface area contributed by atoms with Crippen molar-refractivity contribution in [2.24, 2.45) is 0 Å². The highest BCUT2D eigenvalue weighted by atomic mass is 16.5. The molecule has 2 aromatic rings. The van der Waals surface area contributed by atoms with Gasteiger partial charge in [-0.25, -0.2) is 0 Å². The summed E-state index contributed by atoms with van der Waals surface area (Å²) in [6, 6.07) is 17.0. The summed E-state index contributed by atoms with van der Waals surface area (Å²) in [5.74, 6) is 0.945. The molecule has 0 fully saturated rings. The molecule has 0 radical (unpaired) electrons. The predicted molar refractivity (Wildman–Crippen MR) is 85.5 cm³/mol. The molecule has 1 N–H and O–H groups in total. The molecule has 0 heterocycles. The van der Waals surface area contributed by atoms with Crippen LogP contribution in [0.25, 0.3) is 0 Å². The van der Waals surface area contributed by atoms with E-state index in [1.54, 1.807) is 7.11 Å². The first-order chi connectivity index (χ1) is 9.80. The van der Waals surface area contributed by atoms with E-state index in [9.17, 15) is 0 Å². The molecule has 0 bridgehead atoms. The van der Waals surface area contributed by atoms with Gasteiger partial charge >= 0.3 is 0 Å². The highest BCUT2D eigenvalue weighted by molar-refractivity contribution is 5.53. The van der Waals surface area contributed by atoms with Gasteiger partial charge < -0.3 is 10.1 Å². The van der Waals surface area contributed by atoms with Gasteiger partial charge in [0.25, 0.3) is 0 Å². The van der Waals surface area contributed by atoms with Crippen LogP contribution in [0.2, 0.25) is 0 Å². The largest absolute Gasteiger partial charge is 0.496 e. The van der Waals surface area contributed by atoms with Gasteiger partial charge in [0.15, 0.2) is 0 Å². The molecule has 2 aromatic carbocycles. The van der Waals surface area contributed by atoms with Crippen LogP contribution in [-0.4, -0.2) is 7.11 Å². The average Bonchev–Trinajstić information content (AvgIpc) is 2.53. The lowest BCUT2D eigenvalue weighted by molar-refractivity contribution is 0.406.